The average Bonchev–Trinajstić information content (AvgIpc) is 2.90. The van der Waals surface area contributed by atoms with Crippen LogP contribution in [0.4, 0.5) is 4.39 Å². The molecule has 0 radical (unpaired) electrons. The van der Waals surface area contributed by atoms with E-state index in [4.69, 9.17) is 18.0 Å². The number of nitrogens with zero attached hydrogens (tertiary/aromatic N) is 1. The van der Waals surface area contributed by atoms with E-state index in [1.54, 1.807) is 17.6 Å². The fourth-order valence-electron chi connectivity index (χ4n) is 1.43. The number of benzene rings is 1. The summed E-state index contributed by atoms with van der Waals surface area (Å²) in [5.74, 6) is -0.727. The minimum atomic E-state index is -0.449. The molecule has 0 aliphatic heterocycles. The lowest BCUT2D eigenvalue weighted by Gasteiger charge is -2.06. The van der Waals surface area contributed by atoms with Gasteiger partial charge >= 0.3 is 0 Å². The van der Waals surface area contributed by atoms with Crippen molar-refractivity contribution in [2.45, 2.75) is 6.54 Å². The molecule has 98 valence electrons. The van der Waals surface area contributed by atoms with Gasteiger partial charge in [-0.05, 0) is 6.07 Å². The SMILES string of the molecule is NC(=S)c1ccc(CNC(=O)c2cncs2)c(F)c1. The molecular weight excluding hydrogens is 285 g/mol. The van der Waals surface area contributed by atoms with Crippen LogP contribution in [0.15, 0.2) is 29.9 Å². The molecule has 7 heteroatoms. The summed E-state index contributed by atoms with van der Waals surface area (Å²) < 4.78 is 13.7. The van der Waals surface area contributed by atoms with Crippen LogP contribution in [0.1, 0.15) is 20.8 Å². The number of amides is 1. The number of halogens is 1. The lowest BCUT2D eigenvalue weighted by Crippen LogP contribution is -2.22. The standard InChI is InChI=1S/C12H10FN3OS2/c13-9-3-7(11(14)18)1-2-8(9)4-16-12(17)10-5-15-6-19-10/h1-3,5-6H,4H2,(H2,14,18)(H,16,17). The smallest absolute Gasteiger partial charge is 0.263 e. The number of nitrogens with one attached hydrogen (secondary N) is 1. The average molecular weight is 295 g/mol. The molecule has 1 amide bonds. The van der Waals surface area contributed by atoms with Crippen LogP contribution < -0.4 is 11.1 Å². The highest BCUT2D eigenvalue weighted by Crippen LogP contribution is 2.11. The van der Waals surface area contributed by atoms with Gasteiger partial charge in [0, 0.05) is 17.7 Å². The van der Waals surface area contributed by atoms with E-state index >= 15 is 0 Å². The number of hydrogen-bond donors (Lipinski definition) is 2. The van der Waals surface area contributed by atoms with Crippen LogP contribution in [-0.2, 0) is 6.54 Å². The van der Waals surface area contributed by atoms with Crippen LogP contribution in [-0.4, -0.2) is 15.9 Å². The largest absolute Gasteiger partial charge is 0.389 e. The van der Waals surface area contributed by atoms with E-state index in [2.05, 4.69) is 10.3 Å². The Hall–Kier alpha value is -1.86. The summed E-state index contributed by atoms with van der Waals surface area (Å²) in [7, 11) is 0. The van der Waals surface area contributed by atoms with Crippen LogP contribution in [0.2, 0.25) is 0 Å². The number of hydrogen-bond acceptors (Lipinski definition) is 4. The molecule has 0 atom stereocenters. The van der Waals surface area contributed by atoms with Crippen molar-refractivity contribution in [3.05, 3.63) is 51.7 Å². The van der Waals surface area contributed by atoms with Crippen molar-refractivity contribution in [2.24, 2.45) is 5.73 Å². The molecule has 0 saturated heterocycles. The van der Waals surface area contributed by atoms with Crippen molar-refractivity contribution in [3.8, 4) is 0 Å². The van der Waals surface area contributed by atoms with Gasteiger partial charge in [-0.2, -0.15) is 0 Å². The van der Waals surface area contributed by atoms with Crippen LogP contribution in [0.3, 0.4) is 0 Å². The molecule has 1 aromatic heterocycles. The van der Waals surface area contributed by atoms with Crippen LogP contribution >= 0.6 is 23.6 Å². The third-order valence-corrected chi connectivity index (χ3v) is 3.44. The van der Waals surface area contributed by atoms with Gasteiger partial charge in [-0.15, -0.1) is 11.3 Å². The molecule has 0 saturated carbocycles. The predicted octanol–water partition coefficient (Wildman–Crippen LogP) is 1.85. The Balaban J connectivity index is 2.04. The number of thiazole rings is 1. The fourth-order valence-corrected chi connectivity index (χ4v) is 2.10. The lowest BCUT2D eigenvalue weighted by atomic mass is 10.1. The highest BCUT2D eigenvalue weighted by atomic mass is 32.1. The molecule has 0 spiro atoms. The second-order valence-corrected chi connectivity index (χ2v) is 5.04. The minimum absolute atomic E-state index is 0.0974. The molecule has 1 aromatic carbocycles. The summed E-state index contributed by atoms with van der Waals surface area (Å²) in [5.41, 5.74) is 7.81. The van der Waals surface area contributed by atoms with Gasteiger partial charge in [-0.25, -0.2) is 4.39 Å². The second-order valence-electron chi connectivity index (χ2n) is 3.72. The molecule has 19 heavy (non-hydrogen) atoms. The van der Waals surface area contributed by atoms with Crippen molar-refractivity contribution >= 4 is 34.5 Å². The summed E-state index contributed by atoms with van der Waals surface area (Å²) in [5, 5.41) is 2.62. The Morgan fingerprint density at radius 1 is 1.53 bits per heavy atom. The number of nitrogens with two attached hydrogens (primary N) is 1. The number of carbonyl (C=O) groups is 1. The number of rotatable bonds is 4. The summed E-state index contributed by atoms with van der Waals surface area (Å²) in [6, 6.07) is 4.44. The van der Waals surface area contributed by atoms with Crippen LogP contribution in [0, 0.1) is 5.82 Å². The zero-order chi connectivity index (χ0) is 13.8. The summed E-state index contributed by atoms with van der Waals surface area (Å²) in [4.78, 5) is 16.1. The van der Waals surface area contributed by atoms with Gasteiger partial charge in [0.1, 0.15) is 15.7 Å². The third-order valence-electron chi connectivity index (χ3n) is 2.43. The van der Waals surface area contributed by atoms with Gasteiger partial charge in [-0.1, -0.05) is 24.4 Å². The molecule has 4 nitrogen and oxygen atoms in total. The molecule has 3 N–H and O–H groups in total. The van der Waals surface area contributed by atoms with Crippen molar-refractivity contribution in [1.29, 1.82) is 0 Å². The molecular formula is C12H10FN3OS2. The second kappa shape index (κ2) is 5.85. The maximum Gasteiger partial charge on any atom is 0.263 e. The van der Waals surface area contributed by atoms with Crippen molar-refractivity contribution in [1.82, 2.24) is 10.3 Å². The maximum absolute atomic E-state index is 13.7. The fraction of sp³-hybridized carbons (Fsp3) is 0.0833. The van der Waals surface area contributed by atoms with E-state index in [0.29, 0.717) is 16.0 Å². The van der Waals surface area contributed by atoms with E-state index in [1.807, 2.05) is 0 Å². The van der Waals surface area contributed by atoms with E-state index < -0.39 is 5.82 Å². The molecule has 2 rings (SSSR count). The van der Waals surface area contributed by atoms with E-state index in [-0.39, 0.29) is 17.4 Å². The van der Waals surface area contributed by atoms with Gasteiger partial charge in [0.15, 0.2) is 0 Å². The molecule has 0 fully saturated rings. The van der Waals surface area contributed by atoms with Crippen LogP contribution in [0.5, 0.6) is 0 Å². The van der Waals surface area contributed by atoms with E-state index in [1.165, 1.54) is 23.6 Å². The van der Waals surface area contributed by atoms with Crippen LogP contribution in [0.25, 0.3) is 0 Å². The molecule has 0 unspecified atom stereocenters. The zero-order valence-electron chi connectivity index (χ0n) is 9.72. The molecule has 1 heterocycles. The highest BCUT2D eigenvalue weighted by molar-refractivity contribution is 7.80. The Labute approximate surface area is 118 Å². The first-order valence-corrected chi connectivity index (χ1v) is 6.61. The Kier molecular flexibility index (Phi) is 4.18. The highest BCUT2D eigenvalue weighted by Gasteiger charge is 2.09. The molecule has 2 aromatic rings. The zero-order valence-corrected chi connectivity index (χ0v) is 11.4. The molecule has 0 aliphatic carbocycles. The first-order valence-electron chi connectivity index (χ1n) is 5.33. The quantitative estimate of drug-likeness (QED) is 0.845. The third kappa shape index (κ3) is 3.33. The normalized spacial score (nSPS) is 10.2. The Morgan fingerprint density at radius 2 is 2.32 bits per heavy atom. The molecule has 0 aliphatic rings. The summed E-state index contributed by atoms with van der Waals surface area (Å²) in [6.45, 7) is 0.0974. The van der Waals surface area contributed by atoms with Gasteiger partial charge in [0.2, 0.25) is 0 Å². The monoisotopic (exact) mass is 295 g/mol. The van der Waals surface area contributed by atoms with Crippen molar-refractivity contribution in [3.63, 3.8) is 0 Å². The first kappa shape index (κ1) is 13.6. The van der Waals surface area contributed by atoms with E-state index in [9.17, 15) is 9.18 Å². The summed E-state index contributed by atoms with van der Waals surface area (Å²) >= 11 is 5.99. The van der Waals surface area contributed by atoms with Crippen molar-refractivity contribution in [2.75, 3.05) is 0 Å². The Morgan fingerprint density at radius 3 is 2.89 bits per heavy atom. The van der Waals surface area contributed by atoms with Gasteiger partial charge < -0.3 is 11.1 Å². The van der Waals surface area contributed by atoms with Gasteiger partial charge in [0.05, 0.1) is 11.7 Å². The topological polar surface area (TPSA) is 68.0 Å². The lowest BCUT2D eigenvalue weighted by molar-refractivity contribution is 0.0954. The summed E-state index contributed by atoms with van der Waals surface area (Å²) in [6.07, 6.45) is 1.46. The maximum atomic E-state index is 13.7. The van der Waals surface area contributed by atoms with E-state index in [0.717, 1.165) is 0 Å². The first-order chi connectivity index (χ1) is 9.08. The number of aromatic nitrogens is 1. The van der Waals surface area contributed by atoms with Gasteiger partial charge in [-0.3, -0.25) is 9.78 Å². The predicted molar refractivity (Wildman–Crippen MR) is 75.6 cm³/mol. The van der Waals surface area contributed by atoms with Crippen molar-refractivity contribution < 1.29 is 9.18 Å². The van der Waals surface area contributed by atoms with Gasteiger partial charge in [0.25, 0.3) is 5.91 Å². The number of thiocarbonyl (C=S) groups is 1. The Bertz CT molecular complexity index is 613. The molecule has 0 bridgehead atoms. The minimum Gasteiger partial charge on any atom is -0.389 e. The number of carbonyl (C=O) groups excluding carboxylic acids is 1.